The number of nitriles is 1. The van der Waals surface area contributed by atoms with Crippen LogP contribution >= 0.6 is 15.9 Å². The van der Waals surface area contributed by atoms with Crippen LogP contribution in [-0.4, -0.2) is 4.98 Å². The van der Waals surface area contributed by atoms with Crippen molar-refractivity contribution < 1.29 is 4.74 Å². The molecule has 0 aliphatic heterocycles. The molecule has 0 bridgehead atoms. The molecule has 0 aliphatic carbocycles. The number of para-hydroxylation sites is 1. The van der Waals surface area contributed by atoms with Crippen LogP contribution in [0.5, 0.6) is 5.88 Å². The first-order chi connectivity index (χ1) is 10.3. The quantitative estimate of drug-likeness (QED) is 0.708. The van der Waals surface area contributed by atoms with Crippen molar-refractivity contribution in [3.8, 4) is 11.9 Å². The molecule has 0 saturated carbocycles. The van der Waals surface area contributed by atoms with E-state index < -0.39 is 0 Å². The zero-order chi connectivity index (χ0) is 14.7. The largest absolute Gasteiger partial charge is 0.473 e. The van der Waals surface area contributed by atoms with Crippen LogP contribution in [0.3, 0.4) is 0 Å². The Morgan fingerprint density at radius 1 is 1.10 bits per heavy atom. The highest BCUT2D eigenvalue weighted by Crippen LogP contribution is 2.22. The van der Waals surface area contributed by atoms with Crippen molar-refractivity contribution in [1.82, 2.24) is 4.98 Å². The standard InChI is InChI=1S/C17H11BrN2O/c18-14-7-5-12(6-8-14)11-21-17-9-13(10-19)15-3-1-2-4-16(15)20-17/h1-9H,11H2. The maximum absolute atomic E-state index is 9.24. The number of hydrogen-bond acceptors (Lipinski definition) is 3. The number of aromatic nitrogens is 1. The number of rotatable bonds is 3. The molecule has 0 atom stereocenters. The summed E-state index contributed by atoms with van der Waals surface area (Å²) in [4.78, 5) is 4.43. The third-order valence-electron chi connectivity index (χ3n) is 3.11. The van der Waals surface area contributed by atoms with Gasteiger partial charge in [0.05, 0.1) is 11.1 Å². The average Bonchev–Trinajstić information content (AvgIpc) is 2.53. The lowest BCUT2D eigenvalue weighted by Crippen LogP contribution is -1.98. The molecule has 21 heavy (non-hydrogen) atoms. The van der Waals surface area contributed by atoms with Crippen LogP contribution in [-0.2, 0) is 6.61 Å². The zero-order valence-electron chi connectivity index (χ0n) is 11.1. The maximum atomic E-state index is 9.24. The molecule has 1 heterocycles. The van der Waals surface area contributed by atoms with Gasteiger partial charge in [-0.05, 0) is 23.8 Å². The van der Waals surface area contributed by atoms with Gasteiger partial charge in [0.1, 0.15) is 12.7 Å². The van der Waals surface area contributed by atoms with Gasteiger partial charge in [-0.15, -0.1) is 0 Å². The van der Waals surface area contributed by atoms with Crippen LogP contribution in [0, 0.1) is 11.3 Å². The minimum absolute atomic E-state index is 0.420. The Kier molecular flexibility index (Phi) is 3.85. The SMILES string of the molecule is N#Cc1cc(OCc2ccc(Br)cc2)nc2ccccc12. The first kappa shape index (κ1) is 13.6. The maximum Gasteiger partial charge on any atom is 0.215 e. The minimum atomic E-state index is 0.420. The highest BCUT2D eigenvalue weighted by atomic mass is 79.9. The molecule has 102 valence electrons. The van der Waals surface area contributed by atoms with Crippen LogP contribution in [0.15, 0.2) is 59.1 Å². The van der Waals surface area contributed by atoms with E-state index in [9.17, 15) is 5.26 Å². The zero-order valence-corrected chi connectivity index (χ0v) is 12.7. The summed E-state index contributed by atoms with van der Waals surface area (Å²) in [7, 11) is 0. The van der Waals surface area contributed by atoms with Crippen molar-refractivity contribution >= 4 is 26.8 Å². The number of halogens is 1. The van der Waals surface area contributed by atoms with Gasteiger partial charge < -0.3 is 4.74 Å². The number of nitrogens with zero attached hydrogens (tertiary/aromatic N) is 2. The molecule has 0 saturated heterocycles. The highest BCUT2D eigenvalue weighted by molar-refractivity contribution is 9.10. The number of fused-ring (bicyclic) bond motifs is 1. The molecule has 0 N–H and O–H groups in total. The van der Waals surface area contributed by atoms with E-state index in [1.807, 2.05) is 48.5 Å². The van der Waals surface area contributed by atoms with Crippen LogP contribution < -0.4 is 4.74 Å². The lowest BCUT2D eigenvalue weighted by atomic mass is 10.1. The van der Waals surface area contributed by atoms with E-state index in [-0.39, 0.29) is 0 Å². The molecular weight excluding hydrogens is 328 g/mol. The van der Waals surface area contributed by atoms with E-state index in [1.165, 1.54) is 0 Å². The summed E-state index contributed by atoms with van der Waals surface area (Å²) in [6, 6.07) is 19.3. The van der Waals surface area contributed by atoms with E-state index in [2.05, 4.69) is 27.0 Å². The van der Waals surface area contributed by atoms with Crippen molar-refractivity contribution in [2.45, 2.75) is 6.61 Å². The van der Waals surface area contributed by atoms with E-state index in [0.717, 1.165) is 20.9 Å². The monoisotopic (exact) mass is 338 g/mol. The Labute approximate surface area is 130 Å². The highest BCUT2D eigenvalue weighted by Gasteiger charge is 2.06. The summed E-state index contributed by atoms with van der Waals surface area (Å²) >= 11 is 3.40. The first-order valence-corrected chi connectivity index (χ1v) is 7.23. The third-order valence-corrected chi connectivity index (χ3v) is 3.64. The van der Waals surface area contributed by atoms with E-state index in [4.69, 9.17) is 4.74 Å². The van der Waals surface area contributed by atoms with Gasteiger partial charge in [0.25, 0.3) is 0 Å². The topological polar surface area (TPSA) is 45.9 Å². The molecule has 3 rings (SSSR count). The van der Waals surface area contributed by atoms with Crippen LogP contribution in [0.1, 0.15) is 11.1 Å². The summed E-state index contributed by atoms with van der Waals surface area (Å²) in [6.45, 7) is 0.420. The second kappa shape index (κ2) is 5.94. The van der Waals surface area contributed by atoms with Crippen LogP contribution in [0.4, 0.5) is 0 Å². The van der Waals surface area contributed by atoms with Gasteiger partial charge in [0.2, 0.25) is 5.88 Å². The second-order valence-corrected chi connectivity index (χ2v) is 5.47. The fourth-order valence-corrected chi connectivity index (χ4v) is 2.32. The fourth-order valence-electron chi connectivity index (χ4n) is 2.06. The fraction of sp³-hybridized carbons (Fsp3) is 0.0588. The van der Waals surface area contributed by atoms with E-state index >= 15 is 0 Å². The van der Waals surface area contributed by atoms with Gasteiger partial charge >= 0.3 is 0 Å². The lowest BCUT2D eigenvalue weighted by Gasteiger charge is -2.08. The van der Waals surface area contributed by atoms with Crippen molar-refractivity contribution in [2.24, 2.45) is 0 Å². The van der Waals surface area contributed by atoms with Crippen LogP contribution in [0.2, 0.25) is 0 Å². The summed E-state index contributed by atoms with van der Waals surface area (Å²) in [6.07, 6.45) is 0. The van der Waals surface area contributed by atoms with E-state index in [1.54, 1.807) is 6.07 Å². The minimum Gasteiger partial charge on any atom is -0.473 e. The Hall–Kier alpha value is -2.38. The molecule has 0 spiro atoms. The van der Waals surface area contributed by atoms with Gasteiger partial charge in [0.15, 0.2) is 0 Å². The number of hydrogen-bond donors (Lipinski definition) is 0. The lowest BCUT2D eigenvalue weighted by molar-refractivity contribution is 0.295. The molecule has 0 amide bonds. The normalized spacial score (nSPS) is 10.3. The average molecular weight is 339 g/mol. The van der Waals surface area contributed by atoms with Crippen molar-refractivity contribution in [2.75, 3.05) is 0 Å². The second-order valence-electron chi connectivity index (χ2n) is 4.55. The predicted molar refractivity (Wildman–Crippen MR) is 84.9 cm³/mol. The molecule has 0 radical (unpaired) electrons. The summed E-state index contributed by atoms with van der Waals surface area (Å²) in [5, 5.41) is 10.1. The van der Waals surface area contributed by atoms with Gasteiger partial charge in [-0.25, -0.2) is 4.98 Å². The van der Waals surface area contributed by atoms with E-state index in [0.29, 0.717) is 18.1 Å². The van der Waals surface area contributed by atoms with Crippen molar-refractivity contribution in [3.05, 3.63) is 70.2 Å². The van der Waals surface area contributed by atoms with Crippen LogP contribution in [0.25, 0.3) is 10.9 Å². The Morgan fingerprint density at radius 2 is 1.86 bits per heavy atom. The van der Waals surface area contributed by atoms with Crippen molar-refractivity contribution in [3.63, 3.8) is 0 Å². The molecule has 3 aromatic rings. The molecule has 3 nitrogen and oxygen atoms in total. The number of pyridine rings is 1. The molecule has 4 heteroatoms. The molecule has 0 aliphatic rings. The summed E-state index contributed by atoms with van der Waals surface area (Å²) < 4.78 is 6.73. The predicted octanol–water partition coefficient (Wildman–Crippen LogP) is 4.45. The molecule has 0 unspecified atom stereocenters. The molecule has 2 aromatic carbocycles. The first-order valence-electron chi connectivity index (χ1n) is 6.43. The van der Waals surface area contributed by atoms with Gasteiger partial charge in [-0.2, -0.15) is 5.26 Å². The Balaban J connectivity index is 1.87. The molecule has 0 fully saturated rings. The summed E-state index contributed by atoms with van der Waals surface area (Å²) in [5.41, 5.74) is 2.39. The third kappa shape index (κ3) is 3.04. The van der Waals surface area contributed by atoms with Gasteiger partial charge in [0, 0.05) is 15.9 Å². The van der Waals surface area contributed by atoms with Gasteiger partial charge in [-0.1, -0.05) is 46.3 Å². The number of benzene rings is 2. The van der Waals surface area contributed by atoms with Crippen molar-refractivity contribution in [1.29, 1.82) is 5.26 Å². The smallest absolute Gasteiger partial charge is 0.215 e. The summed E-state index contributed by atoms with van der Waals surface area (Å²) in [5.74, 6) is 0.466. The Bertz CT molecular complexity index is 822. The Morgan fingerprint density at radius 3 is 2.62 bits per heavy atom. The molecular formula is C17H11BrN2O. The number of ether oxygens (including phenoxy) is 1. The van der Waals surface area contributed by atoms with Gasteiger partial charge in [-0.3, -0.25) is 0 Å². The molecule has 1 aromatic heterocycles.